The Kier molecular flexibility index (Phi) is 5.98. The van der Waals surface area contributed by atoms with Crippen LogP contribution in [0.3, 0.4) is 0 Å². The van der Waals surface area contributed by atoms with Gasteiger partial charge in [0, 0.05) is 13.2 Å². The Morgan fingerprint density at radius 1 is 1.41 bits per heavy atom. The van der Waals surface area contributed by atoms with Crippen molar-refractivity contribution in [2.45, 2.75) is 25.8 Å². The molecule has 1 amide bonds. The lowest BCUT2D eigenvalue weighted by molar-refractivity contribution is -0.117. The summed E-state index contributed by atoms with van der Waals surface area (Å²) in [5, 5.41) is 6.47. The number of hydrazone groups is 1. The van der Waals surface area contributed by atoms with E-state index in [9.17, 15) is 9.18 Å². The number of amides is 1. The molecule has 0 spiro atoms. The molecule has 9 heteroatoms. The van der Waals surface area contributed by atoms with Crippen molar-refractivity contribution in [1.29, 1.82) is 0 Å². The summed E-state index contributed by atoms with van der Waals surface area (Å²) in [6, 6.07) is 9.56. The summed E-state index contributed by atoms with van der Waals surface area (Å²) < 4.78 is 21.5. The van der Waals surface area contributed by atoms with Crippen LogP contribution < -0.4 is 15.9 Å². The highest BCUT2D eigenvalue weighted by atomic mass is 19.1. The van der Waals surface area contributed by atoms with E-state index in [2.05, 4.69) is 20.4 Å². The third-order valence-corrected chi connectivity index (χ3v) is 5.32. The van der Waals surface area contributed by atoms with Crippen molar-refractivity contribution >= 4 is 23.5 Å². The number of anilines is 1. The molecule has 2 heterocycles. The quantitative estimate of drug-likeness (QED) is 0.364. The van der Waals surface area contributed by atoms with E-state index < -0.39 is 11.9 Å². The van der Waals surface area contributed by atoms with Gasteiger partial charge in [0.15, 0.2) is 0 Å². The lowest BCUT2D eigenvalue weighted by atomic mass is 10.1. The summed E-state index contributed by atoms with van der Waals surface area (Å²) in [6.07, 6.45) is 6.03. The van der Waals surface area contributed by atoms with Crippen LogP contribution in [0.5, 0.6) is 5.75 Å². The van der Waals surface area contributed by atoms with E-state index in [1.807, 2.05) is 29.8 Å². The highest BCUT2D eigenvalue weighted by molar-refractivity contribution is 6.38. The van der Waals surface area contributed by atoms with Gasteiger partial charge in [-0.05, 0) is 43.5 Å². The molecule has 1 aliphatic rings. The third-order valence-electron chi connectivity index (χ3n) is 5.32. The third kappa shape index (κ3) is 4.22. The van der Waals surface area contributed by atoms with Gasteiger partial charge in [-0.1, -0.05) is 18.2 Å². The molecule has 0 bridgehead atoms. The number of rotatable bonds is 5. The number of benzene rings is 2. The second-order valence-electron chi connectivity index (χ2n) is 7.42. The van der Waals surface area contributed by atoms with Gasteiger partial charge in [-0.3, -0.25) is 9.79 Å². The fraction of sp³-hybridized carbons (Fsp3) is 0.217. The van der Waals surface area contributed by atoms with Crippen LogP contribution in [0.1, 0.15) is 24.7 Å². The van der Waals surface area contributed by atoms with Gasteiger partial charge in [0.2, 0.25) is 5.91 Å². The average molecular weight is 436 g/mol. The second kappa shape index (κ2) is 9.01. The van der Waals surface area contributed by atoms with E-state index in [4.69, 9.17) is 10.6 Å². The molecule has 0 saturated heterocycles. The monoisotopic (exact) mass is 436 g/mol. The number of methoxy groups -OCH3 is 1. The SMILES string of the molecule is COc1cc(/C(C=NC2CCc3cccc(F)c3NC2=O)=N/N)ccc1-n1cnc(C)c1.[HH]. The van der Waals surface area contributed by atoms with Crippen molar-refractivity contribution < 1.29 is 15.3 Å². The molecule has 1 aliphatic heterocycles. The van der Waals surface area contributed by atoms with Gasteiger partial charge in [0.25, 0.3) is 0 Å². The number of ether oxygens (including phenoxy) is 1. The standard InChI is InChI=1S/C23H23FN6O2.H2/c1-14-12-30(13-27-14)20-9-7-16(10-21(20)32-2)19(29-25)11-26-18-8-6-15-4-3-5-17(24)22(15)28-23(18)31;/h3-5,7,9-13,18H,6,8,25H2,1-2H3,(H,28,31);1H/b26-11?,29-19+;. The van der Waals surface area contributed by atoms with Crippen molar-refractivity contribution in [2.24, 2.45) is 15.9 Å². The van der Waals surface area contributed by atoms with Crippen molar-refractivity contribution in [1.82, 2.24) is 9.55 Å². The van der Waals surface area contributed by atoms with Crippen LogP contribution >= 0.6 is 0 Å². The lowest BCUT2D eigenvalue weighted by Crippen LogP contribution is -2.26. The molecular formula is C23H25FN6O2. The lowest BCUT2D eigenvalue weighted by Gasteiger charge is -2.12. The molecule has 0 aliphatic carbocycles. The molecule has 4 rings (SSSR count). The minimum Gasteiger partial charge on any atom is -0.495 e. The number of hydrogen-bond donors (Lipinski definition) is 2. The molecule has 1 unspecified atom stereocenters. The summed E-state index contributed by atoms with van der Waals surface area (Å²) in [5.74, 6) is 5.39. The number of nitrogens with one attached hydrogen (secondary N) is 1. The zero-order chi connectivity index (χ0) is 22.7. The Labute approximate surface area is 186 Å². The van der Waals surface area contributed by atoms with Crippen molar-refractivity contribution in [3.8, 4) is 11.4 Å². The fourth-order valence-corrected chi connectivity index (χ4v) is 3.64. The number of nitrogens with zero attached hydrogens (tertiary/aromatic N) is 4. The number of carbonyl (C=O) groups is 1. The molecule has 3 aromatic rings. The normalized spacial score (nSPS) is 16.5. The van der Waals surface area contributed by atoms with E-state index in [-0.39, 0.29) is 13.0 Å². The van der Waals surface area contributed by atoms with Crippen LogP contribution in [0, 0.1) is 12.7 Å². The molecule has 3 N–H and O–H groups in total. The summed E-state index contributed by atoms with van der Waals surface area (Å²) in [4.78, 5) is 21.2. The van der Waals surface area contributed by atoms with Crippen LogP contribution in [0.2, 0.25) is 0 Å². The van der Waals surface area contributed by atoms with Crippen molar-refractivity contribution in [3.05, 3.63) is 71.6 Å². The Morgan fingerprint density at radius 3 is 2.97 bits per heavy atom. The molecule has 1 aromatic heterocycles. The maximum atomic E-state index is 14.1. The van der Waals surface area contributed by atoms with Gasteiger partial charge < -0.3 is 20.5 Å². The molecule has 166 valence electrons. The molecule has 0 radical (unpaired) electrons. The van der Waals surface area contributed by atoms with Crippen LogP contribution in [-0.2, 0) is 11.2 Å². The van der Waals surface area contributed by atoms with Gasteiger partial charge in [-0.25, -0.2) is 9.37 Å². The smallest absolute Gasteiger partial charge is 0.249 e. The number of aliphatic imine (C=N–C) groups is 1. The molecule has 2 aromatic carbocycles. The molecule has 0 saturated carbocycles. The van der Waals surface area contributed by atoms with E-state index in [0.29, 0.717) is 29.9 Å². The van der Waals surface area contributed by atoms with Crippen molar-refractivity contribution in [2.75, 3.05) is 12.4 Å². The van der Waals surface area contributed by atoms with E-state index in [1.165, 1.54) is 12.3 Å². The average Bonchev–Trinajstić information content (AvgIpc) is 3.16. The zero-order valence-corrected chi connectivity index (χ0v) is 17.7. The fourth-order valence-electron chi connectivity index (χ4n) is 3.64. The van der Waals surface area contributed by atoms with Crippen LogP contribution in [0.25, 0.3) is 5.69 Å². The number of aryl methyl sites for hydroxylation is 2. The predicted molar refractivity (Wildman–Crippen MR) is 123 cm³/mol. The topological polar surface area (TPSA) is 107 Å². The second-order valence-corrected chi connectivity index (χ2v) is 7.42. The first-order chi connectivity index (χ1) is 15.5. The van der Waals surface area contributed by atoms with Crippen LogP contribution in [0.15, 0.2) is 59.0 Å². The van der Waals surface area contributed by atoms with Gasteiger partial charge in [-0.2, -0.15) is 5.10 Å². The van der Waals surface area contributed by atoms with Crippen LogP contribution in [0.4, 0.5) is 10.1 Å². The summed E-state index contributed by atoms with van der Waals surface area (Å²) >= 11 is 0. The number of carbonyl (C=O) groups excluding carboxylic acids is 1. The predicted octanol–water partition coefficient (Wildman–Crippen LogP) is 3.26. The number of fused-ring (bicyclic) bond motifs is 1. The number of para-hydroxylation sites is 1. The van der Waals surface area contributed by atoms with E-state index in [1.54, 1.807) is 31.6 Å². The maximum Gasteiger partial charge on any atom is 0.249 e. The minimum atomic E-state index is -0.686. The molecule has 32 heavy (non-hydrogen) atoms. The first kappa shape index (κ1) is 21.2. The number of hydrogen-bond acceptors (Lipinski definition) is 6. The largest absolute Gasteiger partial charge is 0.495 e. The first-order valence-electron chi connectivity index (χ1n) is 10.1. The molecule has 1 atom stereocenters. The Hall–Kier alpha value is -4.01. The number of imidazole rings is 1. The number of nitrogens with two attached hydrogens (primary N) is 1. The van der Waals surface area contributed by atoms with Crippen LogP contribution in [-0.4, -0.2) is 40.5 Å². The molecule has 0 fully saturated rings. The Bertz CT molecular complexity index is 1220. The summed E-state index contributed by atoms with van der Waals surface area (Å²) in [5.41, 5.74) is 3.73. The minimum absolute atomic E-state index is 0. The zero-order valence-electron chi connectivity index (χ0n) is 17.7. The van der Waals surface area contributed by atoms with E-state index in [0.717, 1.165) is 16.9 Å². The summed E-state index contributed by atoms with van der Waals surface area (Å²) in [6.45, 7) is 1.91. The maximum absolute atomic E-state index is 14.1. The Balaban J connectivity index is 0.00000306. The van der Waals surface area contributed by atoms with E-state index >= 15 is 0 Å². The number of aromatic nitrogens is 2. The van der Waals surface area contributed by atoms with Gasteiger partial charge >= 0.3 is 0 Å². The van der Waals surface area contributed by atoms with Gasteiger partial charge in [-0.15, -0.1) is 0 Å². The highest BCUT2D eigenvalue weighted by Gasteiger charge is 2.24. The van der Waals surface area contributed by atoms with Gasteiger partial charge in [0.1, 0.15) is 23.3 Å². The summed E-state index contributed by atoms with van der Waals surface area (Å²) in [7, 11) is 1.58. The van der Waals surface area contributed by atoms with Crippen molar-refractivity contribution in [3.63, 3.8) is 0 Å². The first-order valence-corrected chi connectivity index (χ1v) is 10.1. The molecule has 8 nitrogen and oxygen atoms in total. The number of halogens is 1. The van der Waals surface area contributed by atoms with Gasteiger partial charge in [0.05, 0.1) is 36.7 Å². The highest BCUT2D eigenvalue weighted by Crippen LogP contribution is 2.27. The molecular weight excluding hydrogens is 411 g/mol. The Morgan fingerprint density at radius 2 is 2.25 bits per heavy atom.